The summed E-state index contributed by atoms with van der Waals surface area (Å²) in [6.45, 7) is 1.73. The normalized spacial score (nSPS) is 11.7. The molecule has 2 heterocycles. The molecule has 1 aromatic carbocycles. The van der Waals surface area contributed by atoms with Crippen LogP contribution in [0.5, 0.6) is 0 Å². The van der Waals surface area contributed by atoms with E-state index in [1.54, 1.807) is 6.92 Å². The van der Waals surface area contributed by atoms with Crippen LogP contribution in [0.15, 0.2) is 48.5 Å². The highest BCUT2D eigenvalue weighted by Gasteiger charge is 2.19. The lowest BCUT2D eigenvalue weighted by Gasteiger charge is -2.13. The van der Waals surface area contributed by atoms with E-state index in [1.807, 2.05) is 30.3 Å². The van der Waals surface area contributed by atoms with Gasteiger partial charge in [-0.05, 0) is 41.6 Å². The Morgan fingerprint density at radius 3 is 2.52 bits per heavy atom. The predicted octanol–water partition coefficient (Wildman–Crippen LogP) is 1.25. The van der Waals surface area contributed by atoms with E-state index in [2.05, 4.69) is 25.8 Å². The summed E-state index contributed by atoms with van der Waals surface area (Å²) in [7, 11) is 0. The second-order valence-corrected chi connectivity index (χ2v) is 5.19. The Morgan fingerprint density at radius 2 is 1.80 bits per heavy atom. The number of hydrogen-bond donors (Lipinski definition) is 2. The number of hydrogen-bond acceptors (Lipinski definition) is 6. The Hall–Kier alpha value is -3.62. The van der Waals surface area contributed by atoms with Crippen molar-refractivity contribution < 1.29 is 14.7 Å². The van der Waals surface area contributed by atoms with Gasteiger partial charge in [0.1, 0.15) is 11.4 Å². The number of aromatic nitrogens is 5. The summed E-state index contributed by atoms with van der Waals surface area (Å²) >= 11 is 0. The number of carboxylic acid groups (broad SMARTS) is 1. The number of nitrogens with zero attached hydrogens (tertiary/aromatic N) is 5. The van der Waals surface area contributed by atoms with E-state index in [9.17, 15) is 9.59 Å². The molecule has 9 heteroatoms. The Morgan fingerprint density at radius 1 is 1.08 bits per heavy atom. The van der Waals surface area contributed by atoms with Gasteiger partial charge in [-0.2, -0.15) is 4.68 Å². The van der Waals surface area contributed by atoms with Gasteiger partial charge in [0.25, 0.3) is 5.91 Å². The van der Waals surface area contributed by atoms with E-state index >= 15 is 0 Å². The van der Waals surface area contributed by atoms with Gasteiger partial charge in [0, 0.05) is 0 Å². The Bertz CT molecular complexity index is 909. The van der Waals surface area contributed by atoms with Crippen LogP contribution in [0.25, 0.3) is 5.69 Å². The topological polar surface area (TPSA) is 123 Å². The molecule has 0 spiro atoms. The zero-order valence-corrected chi connectivity index (χ0v) is 13.2. The first kappa shape index (κ1) is 16.2. The SMILES string of the molecule is CC(NC(=O)c1cccc(C(=O)O)n1)c1nnnn1-c1ccccc1. The number of carboxylic acids is 1. The number of rotatable bonds is 5. The van der Waals surface area contributed by atoms with Crippen LogP contribution >= 0.6 is 0 Å². The van der Waals surface area contributed by atoms with Gasteiger partial charge in [0.2, 0.25) is 0 Å². The first-order chi connectivity index (χ1) is 12.1. The van der Waals surface area contributed by atoms with Gasteiger partial charge in [-0.3, -0.25) is 4.79 Å². The maximum absolute atomic E-state index is 12.3. The van der Waals surface area contributed by atoms with Crippen molar-refractivity contribution in [3.8, 4) is 5.69 Å². The van der Waals surface area contributed by atoms with Crippen LogP contribution in [0.4, 0.5) is 0 Å². The minimum absolute atomic E-state index is 0.00508. The second-order valence-electron chi connectivity index (χ2n) is 5.19. The van der Waals surface area contributed by atoms with Crippen molar-refractivity contribution >= 4 is 11.9 Å². The smallest absolute Gasteiger partial charge is 0.354 e. The first-order valence-corrected chi connectivity index (χ1v) is 7.41. The summed E-state index contributed by atoms with van der Waals surface area (Å²) in [5, 5.41) is 23.2. The molecule has 1 amide bonds. The number of para-hydroxylation sites is 1. The number of pyridine rings is 1. The van der Waals surface area contributed by atoms with Gasteiger partial charge in [-0.25, -0.2) is 9.78 Å². The summed E-state index contributed by atoms with van der Waals surface area (Å²) in [6, 6.07) is 13.0. The van der Waals surface area contributed by atoms with Gasteiger partial charge in [0.05, 0.1) is 11.7 Å². The number of nitrogens with one attached hydrogen (secondary N) is 1. The van der Waals surface area contributed by atoms with Crippen molar-refractivity contribution in [3.05, 3.63) is 65.7 Å². The van der Waals surface area contributed by atoms with E-state index in [0.29, 0.717) is 5.82 Å². The lowest BCUT2D eigenvalue weighted by Crippen LogP contribution is -2.29. The molecule has 0 aliphatic heterocycles. The average molecular weight is 338 g/mol. The second kappa shape index (κ2) is 6.87. The van der Waals surface area contributed by atoms with E-state index < -0.39 is 17.9 Å². The largest absolute Gasteiger partial charge is 0.477 e. The maximum Gasteiger partial charge on any atom is 0.354 e. The van der Waals surface area contributed by atoms with Gasteiger partial charge >= 0.3 is 5.97 Å². The van der Waals surface area contributed by atoms with Crippen LogP contribution in [0.2, 0.25) is 0 Å². The molecule has 3 rings (SSSR count). The van der Waals surface area contributed by atoms with Crippen LogP contribution in [0, 0.1) is 0 Å². The highest BCUT2D eigenvalue weighted by molar-refractivity contribution is 5.94. The molecule has 3 aromatic rings. The zero-order valence-electron chi connectivity index (χ0n) is 13.2. The Balaban J connectivity index is 1.80. The van der Waals surface area contributed by atoms with E-state index in [-0.39, 0.29) is 11.4 Å². The molecule has 2 N–H and O–H groups in total. The molecular weight excluding hydrogens is 324 g/mol. The third-order valence-corrected chi connectivity index (χ3v) is 3.43. The molecule has 0 bridgehead atoms. The fraction of sp³-hybridized carbons (Fsp3) is 0.125. The van der Waals surface area contributed by atoms with E-state index in [4.69, 9.17) is 5.11 Å². The molecule has 0 aliphatic rings. The summed E-state index contributed by atoms with van der Waals surface area (Å²) in [5.41, 5.74) is 0.564. The van der Waals surface area contributed by atoms with Crippen molar-refractivity contribution in [1.29, 1.82) is 0 Å². The number of aromatic carboxylic acids is 1. The summed E-state index contributed by atoms with van der Waals surface area (Å²) in [4.78, 5) is 27.1. The van der Waals surface area contributed by atoms with E-state index in [0.717, 1.165) is 5.69 Å². The molecule has 1 atom stereocenters. The standard InChI is InChI=1S/C16H14N6O3/c1-10(14-19-20-21-22(14)11-6-3-2-4-7-11)17-15(23)12-8-5-9-13(18-12)16(24)25/h2-10H,1H3,(H,17,23)(H,24,25). The average Bonchev–Trinajstić information content (AvgIpc) is 3.12. The maximum atomic E-state index is 12.3. The highest BCUT2D eigenvalue weighted by atomic mass is 16.4. The molecule has 0 fully saturated rings. The van der Waals surface area contributed by atoms with Crippen LogP contribution in [-0.2, 0) is 0 Å². The molecule has 1 unspecified atom stereocenters. The number of amides is 1. The molecule has 0 saturated heterocycles. The number of carbonyl (C=O) groups excluding carboxylic acids is 1. The van der Waals surface area contributed by atoms with Gasteiger partial charge in [0.15, 0.2) is 5.82 Å². The molecular formula is C16H14N6O3. The molecule has 25 heavy (non-hydrogen) atoms. The molecule has 2 aromatic heterocycles. The highest BCUT2D eigenvalue weighted by Crippen LogP contribution is 2.14. The van der Waals surface area contributed by atoms with Crippen molar-refractivity contribution in [2.24, 2.45) is 0 Å². The van der Waals surface area contributed by atoms with Crippen molar-refractivity contribution in [3.63, 3.8) is 0 Å². The fourth-order valence-electron chi connectivity index (χ4n) is 2.23. The number of tetrazole rings is 1. The zero-order chi connectivity index (χ0) is 17.8. The number of benzene rings is 1. The molecule has 0 aliphatic carbocycles. The van der Waals surface area contributed by atoms with Crippen molar-refractivity contribution in [1.82, 2.24) is 30.5 Å². The van der Waals surface area contributed by atoms with Crippen LogP contribution in [0.1, 0.15) is 39.8 Å². The van der Waals surface area contributed by atoms with Gasteiger partial charge < -0.3 is 10.4 Å². The van der Waals surface area contributed by atoms with Crippen molar-refractivity contribution in [2.45, 2.75) is 13.0 Å². The number of carbonyl (C=O) groups is 2. The molecule has 9 nitrogen and oxygen atoms in total. The lowest BCUT2D eigenvalue weighted by molar-refractivity contribution is 0.0690. The third kappa shape index (κ3) is 3.50. The van der Waals surface area contributed by atoms with Gasteiger partial charge in [-0.1, -0.05) is 24.3 Å². The fourth-order valence-corrected chi connectivity index (χ4v) is 2.23. The summed E-state index contributed by atoms with van der Waals surface area (Å²) in [6.07, 6.45) is 0. The van der Waals surface area contributed by atoms with Crippen LogP contribution in [0.3, 0.4) is 0 Å². The minimum atomic E-state index is -1.20. The van der Waals surface area contributed by atoms with E-state index in [1.165, 1.54) is 22.9 Å². The monoisotopic (exact) mass is 338 g/mol. The van der Waals surface area contributed by atoms with Gasteiger partial charge in [-0.15, -0.1) is 5.10 Å². The summed E-state index contributed by atoms with van der Waals surface area (Å²) < 4.78 is 1.52. The Labute approximate surface area is 142 Å². The van der Waals surface area contributed by atoms with Crippen LogP contribution < -0.4 is 5.32 Å². The first-order valence-electron chi connectivity index (χ1n) is 7.41. The molecule has 0 radical (unpaired) electrons. The summed E-state index contributed by atoms with van der Waals surface area (Å²) in [5.74, 6) is -1.28. The lowest BCUT2D eigenvalue weighted by atomic mass is 10.2. The minimum Gasteiger partial charge on any atom is -0.477 e. The quantitative estimate of drug-likeness (QED) is 0.717. The molecule has 126 valence electrons. The van der Waals surface area contributed by atoms with Crippen LogP contribution in [-0.4, -0.2) is 42.2 Å². The van der Waals surface area contributed by atoms with Crippen molar-refractivity contribution in [2.75, 3.05) is 0 Å². The molecule has 0 saturated carbocycles. The third-order valence-electron chi connectivity index (χ3n) is 3.43. The Kier molecular flexibility index (Phi) is 4.46. The predicted molar refractivity (Wildman–Crippen MR) is 86.2 cm³/mol.